The van der Waals surface area contributed by atoms with E-state index in [0.717, 1.165) is 16.7 Å². The predicted octanol–water partition coefficient (Wildman–Crippen LogP) is 3.95. The van der Waals surface area contributed by atoms with E-state index in [1.165, 1.54) is 0 Å². The molecule has 2 nitrogen and oxygen atoms in total. The molecule has 0 aliphatic heterocycles. The van der Waals surface area contributed by atoms with Crippen molar-refractivity contribution in [3.8, 4) is 11.1 Å². The number of anilines is 1. The molecule has 82 valence electrons. The second-order valence-electron chi connectivity index (χ2n) is 3.58. The highest BCUT2D eigenvalue weighted by Gasteiger charge is 2.05. The van der Waals surface area contributed by atoms with Crippen LogP contribution in [0.5, 0.6) is 0 Å². The van der Waals surface area contributed by atoms with Gasteiger partial charge in [0.15, 0.2) is 0 Å². The highest BCUT2D eigenvalue weighted by Crippen LogP contribution is 2.29. The number of nitrogens with zero attached hydrogens (tertiary/aromatic N) is 1. The van der Waals surface area contributed by atoms with Crippen LogP contribution in [0, 0.1) is 6.92 Å². The number of aromatic nitrogens is 1. The van der Waals surface area contributed by atoms with E-state index in [0.29, 0.717) is 15.9 Å². The molecule has 1 heterocycles. The summed E-state index contributed by atoms with van der Waals surface area (Å²) in [5.74, 6) is 0.509. The Bertz CT molecular complexity index is 518. The van der Waals surface area contributed by atoms with Crippen molar-refractivity contribution in [1.82, 2.24) is 4.98 Å². The molecule has 0 spiro atoms. The highest BCUT2D eigenvalue weighted by molar-refractivity contribution is 6.35. The first-order valence-corrected chi connectivity index (χ1v) is 5.50. The fourth-order valence-corrected chi connectivity index (χ4v) is 2.12. The molecule has 0 amide bonds. The minimum atomic E-state index is 0.509. The molecule has 2 rings (SSSR count). The van der Waals surface area contributed by atoms with Gasteiger partial charge in [-0.2, -0.15) is 0 Å². The zero-order valence-corrected chi connectivity index (χ0v) is 10.2. The summed E-state index contributed by atoms with van der Waals surface area (Å²) >= 11 is 11.9. The Morgan fingerprint density at radius 1 is 1.06 bits per heavy atom. The topological polar surface area (TPSA) is 38.9 Å². The van der Waals surface area contributed by atoms with Crippen LogP contribution < -0.4 is 5.73 Å². The van der Waals surface area contributed by atoms with E-state index in [1.807, 2.05) is 25.1 Å². The summed E-state index contributed by atoms with van der Waals surface area (Å²) in [4.78, 5) is 4.07. The molecule has 0 saturated heterocycles. The average Bonchev–Trinajstić information content (AvgIpc) is 2.15. The van der Waals surface area contributed by atoms with Crippen LogP contribution in [0.4, 0.5) is 5.82 Å². The summed E-state index contributed by atoms with van der Waals surface area (Å²) in [6, 6.07) is 7.23. The van der Waals surface area contributed by atoms with Crippen molar-refractivity contribution in [2.24, 2.45) is 0 Å². The molecule has 2 N–H and O–H groups in total. The number of hydrogen-bond acceptors (Lipinski definition) is 2. The molecule has 0 bridgehead atoms. The number of halogens is 2. The van der Waals surface area contributed by atoms with E-state index in [9.17, 15) is 0 Å². The summed E-state index contributed by atoms with van der Waals surface area (Å²) in [5.41, 5.74) is 8.58. The number of benzene rings is 1. The van der Waals surface area contributed by atoms with Crippen LogP contribution in [0.3, 0.4) is 0 Å². The van der Waals surface area contributed by atoms with E-state index in [1.54, 1.807) is 12.3 Å². The summed E-state index contributed by atoms with van der Waals surface area (Å²) in [5, 5.41) is 1.22. The third-order valence-corrected chi connectivity index (χ3v) is 2.74. The van der Waals surface area contributed by atoms with Gasteiger partial charge in [-0.1, -0.05) is 23.2 Å². The number of aryl methyl sites for hydroxylation is 1. The van der Waals surface area contributed by atoms with Gasteiger partial charge in [-0.05, 0) is 42.3 Å². The zero-order chi connectivity index (χ0) is 11.7. The smallest absolute Gasteiger partial charge is 0.123 e. The number of nitrogen functional groups attached to an aromatic ring is 1. The lowest BCUT2D eigenvalue weighted by molar-refractivity contribution is 1.29. The molecular weight excluding hydrogens is 243 g/mol. The van der Waals surface area contributed by atoms with E-state index >= 15 is 0 Å². The Kier molecular flexibility index (Phi) is 3.03. The second-order valence-corrected chi connectivity index (χ2v) is 4.46. The molecule has 1 aromatic carbocycles. The normalized spacial score (nSPS) is 10.4. The van der Waals surface area contributed by atoms with Crippen molar-refractivity contribution >= 4 is 29.0 Å². The number of hydrogen-bond donors (Lipinski definition) is 1. The molecular formula is C12H10Cl2N2. The van der Waals surface area contributed by atoms with Crippen LogP contribution in [0.25, 0.3) is 11.1 Å². The van der Waals surface area contributed by atoms with Crippen molar-refractivity contribution in [2.45, 2.75) is 6.92 Å². The van der Waals surface area contributed by atoms with E-state index in [-0.39, 0.29) is 0 Å². The van der Waals surface area contributed by atoms with Gasteiger partial charge in [0, 0.05) is 21.8 Å². The van der Waals surface area contributed by atoms with Crippen LogP contribution in [-0.4, -0.2) is 4.98 Å². The molecule has 0 unspecified atom stereocenters. The molecule has 0 radical (unpaired) electrons. The van der Waals surface area contributed by atoms with Crippen LogP contribution in [0.15, 0.2) is 30.5 Å². The van der Waals surface area contributed by atoms with Gasteiger partial charge in [0.05, 0.1) is 0 Å². The Hall–Kier alpha value is -1.25. The van der Waals surface area contributed by atoms with Gasteiger partial charge in [0.2, 0.25) is 0 Å². The molecule has 4 heteroatoms. The van der Waals surface area contributed by atoms with E-state index in [2.05, 4.69) is 4.98 Å². The highest BCUT2D eigenvalue weighted by atomic mass is 35.5. The maximum Gasteiger partial charge on any atom is 0.123 e. The lowest BCUT2D eigenvalue weighted by Gasteiger charge is -2.07. The van der Waals surface area contributed by atoms with Gasteiger partial charge in [-0.15, -0.1) is 0 Å². The molecule has 2 aromatic rings. The van der Waals surface area contributed by atoms with Crippen molar-refractivity contribution < 1.29 is 0 Å². The number of rotatable bonds is 1. The van der Waals surface area contributed by atoms with Gasteiger partial charge in [-0.3, -0.25) is 0 Å². The van der Waals surface area contributed by atoms with Crippen LogP contribution in [0.2, 0.25) is 10.0 Å². The molecule has 0 fully saturated rings. The largest absolute Gasteiger partial charge is 0.384 e. The quantitative estimate of drug-likeness (QED) is 0.835. The molecule has 0 aliphatic rings. The van der Waals surface area contributed by atoms with Crippen LogP contribution >= 0.6 is 23.2 Å². The van der Waals surface area contributed by atoms with Gasteiger partial charge in [0.1, 0.15) is 5.82 Å². The standard InChI is InChI=1S/C12H10Cl2N2/c1-7-2-12(15)16-6-11(7)8-3-9(13)5-10(14)4-8/h2-6H,1H3,(H2,15,16). The zero-order valence-electron chi connectivity index (χ0n) is 8.67. The predicted molar refractivity (Wildman–Crippen MR) is 68.8 cm³/mol. The van der Waals surface area contributed by atoms with Crippen molar-refractivity contribution in [3.05, 3.63) is 46.1 Å². The fraction of sp³-hybridized carbons (Fsp3) is 0.0833. The van der Waals surface area contributed by atoms with E-state index < -0.39 is 0 Å². The monoisotopic (exact) mass is 252 g/mol. The van der Waals surface area contributed by atoms with Crippen molar-refractivity contribution in [3.63, 3.8) is 0 Å². The molecule has 0 saturated carbocycles. The Labute approximate surface area is 104 Å². The SMILES string of the molecule is Cc1cc(N)ncc1-c1cc(Cl)cc(Cl)c1. The van der Waals surface area contributed by atoms with Crippen LogP contribution in [-0.2, 0) is 0 Å². The Morgan fingerprint density at radius 2 is 1.69 bits per heavy atom. The van der Waals surface area contributed by atoms with E-state index in [4.69, 9.17) is 28.9 Å². The van der Waals surface area contributed by atoms with Crippen molar-refractivity contribution in [2.75, 3.05) is 5.73 Å². The number of nitrogens with two attached hydrogens (primary N) is 1. The molecule has 0 aliphatic carbocycles. The second kappa shape index (κ2) is 4.32. The summed E-state index contributed by atoms with van der Waals surface area (Å²) < 4.78 is 0. The maximum absolute atomic E-state index is 5.95. The van der Waals surface area contributed by atoms with Crippen molar-refractivity contribution in [1.29, 1.82) is 0 Å². The minimum absolute atomic E-state index is 0.509. The first-order chi connectivity index (χ1) is 7.56. The number of pyridine rings is 1. The lowest BCUT2D eigenvalue weighted by atomic mass is 10.0. The first kappa shape index (κ1) is 11.2. The minimum Gasteiger partial charge on any atom is -0.384 e. The van der Waals surface area contributed by atoms with Gasteiger partial charge in [-0.25, -0.2) is 4.98 Å². The van der Waals surface area contributed by atoms with Gasteiger partial charge < -0.3 is 5.73 Å². The van der Waals surface area contributed by atoms with Gasteiger partial charge >= 0.3 is 0 Å². The molecule has 0 atom stereocenters. The summed E-state index contributed by atoms with van der Waals surface area (Å²) in [6.07, 6.45) is 1.73. The first-order valence-electron chi connectivity index (χ1n) is 4.75. The third kappa shape index (κ3) is 2.29. The summed E-state index contributed by atoms with van der Waals surface area (Å²) in [6.45, 7) is 1.97. The molecule has 1 aromatic heterocycles. The van der Waals surface area contributed by atoms with Gasteiger partial charge in [0.25, 0.3) is 0 Å². The fourth-order valence-electron chi connectivity index (χ4n) is 1.59. The van der Waals surface area contributed by atoms with Crippen LogP contribution in [0.1, 0.15) is 5.56 Å². The lowest BCUT2D eigenvalue weighted by Crippen LogP contribution is -1.92. The molecule has 16 heavy (non-hydrogen) atoms. The Balaban J connectivity index is 2.58. The summed E-state index contributed by atoms with van der Waals surface area (Å²) in [7, 11) is 0. The third-order valence-electron chi connectivity index (χ3n) is 2.31. The average molecular weight is 253 g/mol. The maximum atomic E-state index is 5.95. The Morgan fingerprint density at radius 3 is 2.25 bits per heavy atom.